The molecule has 1 aromatic rings. The molecule has 3 N–H and O–H groups in total. The molecular weight excluding hydrogens is 368 g/mol. The third-order valence-electron chi connectivity index (χ3n) is 5.22. The monoisotopic (exact) mass is 396 g/mol. The highest BCUT2D eigenvalue weighted by atomic mass is 35.5. The number of hydrogen-bond acceptors (Lipinski definition) is 6. The van der Waals surface area contributed by atoms with Crippen molar-refractivity contribution in [1.82, 2.24) is 14.9 Å². The molecule has 0 spiro atoms. The number of Topliss-reactive ketones (excluding diaryl/α,β-unsaturated/α-hetero) is 1. The molecule has 1 unspecified atom stereocenters. The highest BCUT2D eigenvalue weighted by Gasteiger charge is 2.28. The molecule has 1 amide bonds. The average Bonchev–Trinajstić information content (AvgIpc) is 2.60. The van der Waals surface area contributed by atoms with Gasteiger partial charge in [-0.05, 0) is 45.4 Å². The standard InChI is InChI=1S/C19H29ClN4O3/c1-11(10-16(26)12(2)25)19(27)24-8-6-14(7-9-24)4-5-15-17(20)22-13(3)23-18(15)21/h11-12,14,25H,4-10H2,1-3H3,(H2,21,22,23)/t11-,12?/m1/s1. The number of likely N-dealkylation sites (tertiary alicyclic amines) is 1. The largest absolute Gasteiger partial charge is 0.386 e. The molecule has 8 heteroatoms. The minimum absolute atomic E-state index is 0.0123. The molecule has 0 bridgehead atoms. The molecule has 1 aliphatic heterocycles. The van der Waals surface area contributed by atoms with Crippen LogP contribution < -0.4 is 5.73 Å². The number of carbonyl (C=O) groups is 2. The van der Waals surface area contributed by atoms with Gasteiger partial charge in [0.15, 0.2) is 5.78 Å². The lowest BCUT2D eigenvalue weighted by Crippen LogP contribution is -2.42. The van der Waals surface area contributed by atoms with Crippen molar-refractivity contribution >= 4 is 29.1 Å². The Hall–Kier alpha value is -1.73. The molecule has 0 saturated carbocycles. The summed E-state index contributed by atoms with van der Waals surface area (Å²) in [5.74, 6) is 0.794. The zero-order valence-corrected chi connectivity index (χ0v) is 17.0. The molecule has 0 aromatic carbocycles. The SMILES string of the molecule is Cc1nc(N)c(CCC2CCN(C(=O)[C@H](C)CC(=O)C(C)O)CC2)c(Cl)n1. The maximum absolute atomic E-state index is 12.5. The maximum Gasteiger partial charge on any atom is 0.225 e. The number of halogens is 1. The molecule has 1 saturated heterocycles. The predicted molar refractivity (Wildman–Crippen MR) is 104 cm³/mol. The van der Waals surface area contributed by atoms with Crippen LogP contribution in [0, 0.1) is 18.8 Å². The fourth-order valence-corrected chi connectivity index (χ4v) is 3.79. The molecule has 7 nitrogen and oxygen atoms in total. The number of aryl methyl sites for hydroxylation is 1. The van der Waals surface area contributed by atoms with Gasteiger partial charge in [-0.2, -0.15) is 0 Å². The number of piperidine rings is 1. The number of aliphatic hydroxyl groups is 1. The Kier molecular flexibility index (Phi) is 7.56. The molecule has 1 fully saturated rings. The van der Waals surface area contributed by atoms with Crippen LogP contribution in [0.1, 0.15) is 50.9 Å². The van der Waals surface area contributed by atoms with Gasteiger partial charge in [0, 0.05) is 31.0 Å². The van der Waals surface area contributed by atoms with Crippen LogP contribution in [0.15, 0.2) is 0 Å². The summed E-state index contributed by atoms with van der Waals surface area (Å²) in [5, 5.41) is 9.72. The number of aromatic nitrogens is 2. The summed E-state index contributed by atoms with van der Waals surface area (Å²) in [4.78, 5) is 34.3. The minimum Gasteiger partial charge on any atom is -0.386 e. The van der Waals surface area contributed by atoms with E-state index in [9.17, 15) is 14.7 Å². The fourth-order valence-electron chi connectivity index (χ4n) is 3.48. The summed E-state index contributed by atoms with van der Waals surface area (Å²) in [6.07, 6.45) is 2.54. The van der Waals surface area contributed by atoms with E-state index in [-0.39, 0.29) is 18.1 Å². The summed E-state index contributed by atoms with van der Waals surface area (Å²) < 4.78 is 0. The molecule has 1 aromatic heterocycles. The normalized spacial score (nSPS) is 17.6. The van der Waals surface area contributed by atoms with Gasteiger partial charge in [0.2, 0.25) is 5.91 Å². The van der Waals surface area contributed by atoms with Gasteiger partial charge in [0.05, 0.1) is 0 Å². The first-order valence-corrected chi connectivity index (χ1v) is 9.84. The van der Waals surface area contributed by atoms with E-state index < -0.39 is 12.0 Å². The van der Waals surface area contributed by atoms with Crippen molar-refractivity contribution in [3.63, 3.8) is 0 Å². The number of nitrogens with two attached hydrogens (primary N) is 1. The van der Waals surface area contributed by atoms with Crippen LogP contribution in [0.3, 0.4) is 0 Å². The summed E-state index contributed by atoms with van der Waals surface area (Å²) in [5.41, 5.74) is 6.76. The van der Waals surface area contributed by atoms with Crippen molar-refractivity contribution < 1.29 is 14.7 Å². The average molecular weight is 397 g/mol. The van der Waals surface area contributed by atoms with Gasteiger partial charge in [-0.1, -0.05) is 18.5 Å². The van der Waals surface area contributed by atoms with Crippen molar-refractivity contribution in [3.8, 4) is 0 Å². The molecule has 27 heavy (non-hydrogen) atoms. The predicted octanol–water partition coefficient (Wildman–Crippen LogP) is 2.17. The first kappa shape index (κ1) is 21.6. The lowest BCUT2D eigenvalue weighted by Gasteiger charge is -2.33. The number of anilines is 1. The Morgan fingerprint density at radius 3 is 2.48 bits per heavy atom. The van der Waals surface area contributed by atoms with Crippen molar-refractivity contribution in [1.29, 1.82) is 0 Å². The summed E-state index contributed by atoms with van der Waals surface area (Å²) in [6, 6.07) is 0. The third kappa shape index (κ3) is 5.87. The zero-order chi connectivity index (χ0) is 20.1. The lowest BCUT2D eigenvalue weighted by molar-refractivity contribution is -0.140. The highest BCUT2D eigenvalue weighted by Crippen LogP contribution is 2.27. The topological polar surface area (TPSA) is 109 Å². The molecule has 2 rings (SSSR count). The van der Waals surface area contributed by atoms with Crippen LogP contribution >= 0.6 is 11.6 Å². The van der Waals surface area contributed by atoms with Gasteiger partial charge in [0.25, 0.3) is 0 Å². The second-order valence-electron chi connectivity index (χ2n) is 7.48. The number of ketones is 1. The Balaban J connectivity index is 1.82. The number of rotatable bonds is 7. The molecule has 2 atom stereocenters. The number of nitrogens with zero attached hydrogens (tertiary/aromatic N) is 3. The van der Waals surface area contributed by atoms with E-state index in [0.29, 0.717) is 35.8 Å². The Morgan fingerprint density at radius 1 is 1.30 bits per heavy atom. The molecule has 0 aliphatic carbocycles. The summed E-state index contributed by atoms with van der Waals surface area (Å²) in [7, 11) is 0. The van der Waals surface area contributed by atoms with E-state index >= 15 is 0 Å². The van der Waals surface area contributed by atoms with Gasteiger partial charge >= 0.3 is 0 Å². The number of amides is 1. The first-order valence-electron chi connectivity index (χ1n) is 9.47. The molecule has 150 valence electrons. The van der Waals surface area contributed by atoms with Gasteiger partial charge < -0.3 is 15.7 Å². The Morgan fingerprint density at radius 2 is 1.93 bits per heavy atom. The Bertz CT molecular complexity index is 665. The second-order valence-corrected chi connectivity index (χ2v) is 7.84. The van der Waals surface area contributed by atoms with Gasteiger partial charge in [-0.25, -0.2) is 9.97 Å². The van der Waals surface area contributed by atoms with E-state index in [1.807, 2.05) is 4.90 Å². The molecular formula is C19H29ClN4O3. The van der Waals surface area contributed by atoms with Gasteiger partial charge in [-0.15, -0.1) is 0 Å². The van der Waals surface area contributed by atoms with Crippen LogP contribution in [-0.2, 0) is 16.0 Å². The maximum atomic E-state index is 12.5. The van der Waals surface area contributed by atoms with Crippen LogP contribution in [0.2, 0.25) is 5.15 Å². The lowest BCUT2D eigenvalue weighted by atomic mass is 9.90. The van der Waals surface area contributed by atoms with Crippen LogP contribution in [0.4, 0.5) is 5.82 Å². The second kappa shape index (κ2) is 9.46. The van der Waals surface area contributed by atoms with Crippen molar-refractivity contribution in [2.75, 3.05) is 18.8 Å². The third-order valence-corrected chi connectivity index (χ3v) is 5.54. The van der Waals surface area contributed by atoms with Crippen molar-refractivity contribution in [2.24, 2.45) is 11.8 Å². The van der Waals surface area contributed by atoms with Crippen LogP contribution in [0.5, 0.6) is 0 Å². The number of aliphatic hydroxyl groups excluding tert-OH is 1. The number of nitrogen functional groups attached to an aromatic ring is 1. The zero-order valence-electron chi connectivity index (χ0n) is 16.2. The van der Waals surface area contributed by atoms with E-state index in [1.54, 1.807) is 13.8 Å². The number of hydrogen-bond donors (Lipinski definition) is 2. The van der Waals surface area contributed by atoms with E-state index in [4.69, 9.17) is 17.3 Å². The smallest absolute Gasteiger partial charge is 0.225 e. The first-order chi connectivity index (χ1) is 12.7. The highest BCUT2D eigenvalue weighted by molar-refractivity contribution is 6.30. The van der Waals surface area contributed by atoms with E-state index in [0.717, 1.165) is 31.2 Å². The fraction of sp³-hybridized carbons (Fsp3) is 0.684. The number of carbonyl (C=O) groups excluding carboxylic acids is 2. The van der Waals surface area contributed by atoms with E-state index in [1.165, 1.54) is 6.92 Å². The van der Waals surface area contributed by atoms with Crippen molar-refractivity contribution in [2.45, 2.75) is 59.0 Å². The summed E-state index contributed by atoms with van der Waals surface area (Å²) in [6.45, 7) is 6.31. The molecule has 2 heterocycles. The molecule has 0 radical (unpaired) electrons. The van der Waals surface area contributed by atoms with E-state index in [2.05, 4.69) is 9.97 Å². The Labute approximate surface area is 165 Å². The van der Waals surface area contributed by atoms with Crippen LogP contribution in [-0.4, -0.2) is 50.9 Å². The van der Waals surface area contributed by atoms with Gasteiger partial charge in [-0.3, -0.25) is 9.59 Å². The van der Waals surface area contributed by atoms with Crippen LogP contribution in [0.25, 0.3) is 0 Å². The van der Waals surface area contributed by atoms with Crippen molar-refractivity contribution in [3.05, 3.63) is 16.5 Å². The quantitative estimate of drug-likeness (QED) is 0.683. The molecule has 1 aliphatic rings. The van der Waals surface area contributed by atoms with Gasteiger partial charge in [0.1, 0.15) is 22.9 Å². The minimum atomic E-state index is -1.02. The summed E-state index contributed by atoms with van der Waals surface area (Å²) >= 11 is 6.19.